The largest absolute Gasteiger partial charge is 0.380 e. The van der Waals surface area contributed by atoms with E-state index in [0.717, 1.165) is 0 Å². The minimum Gasteiger partial charge on any atom is -0.380 e. The number of nitrogens with one attached hydrogen (secondary N) is 1. The summed E-state index contributed by atoms with van der Waals surface area (Å²) in [6.45, 7) is 6.81. The molecule has 0 spiro atoms. The van der Waals surface area contributed by atoms with E-state index in [2.05, 4.69) is 50.4 Å². The van der Waals surface area contributed by atoms with Crippen molar-refractivity contribution in [1.29, 1.82) is 0 Å². The molecule has 1 aromatic rings. The van der Waals surface area contributed by atoms with Gasteiger partial charge in [-0.2, -0.15) is 0 Å². The van der Waals surface area contributed by atoms with Gasteiger partial charge in [0.15, 0.2) is 0 Å². The zero-order valence-corrected chi connectivity index (χ0v) is 9.11. The van der Waals surface area contributed by atoms with Crippen LogP contribution in [-0.2, 0) is 0 Å². The third kappa shape index (κ3) is 1.55. The Labute approximate surface area is 83.9 Å². The second-order valence-corrected chi connectivity index (χ2v) is 5.76. The van der Waals surface area contributed by atoms with Crippen molar-refractivity contribution in [3.63, 3.8) is 0 Å². The van der Waals surface area contributed by atoms with Gasteiger partial charge >= 0.3 is 0 Å². The lowest BCUT2D eigenvalue weighted by molar-refractivity contribution is 0.602. The van der Waals surface area contributed by atoms with Crippen LogP contribution in [0.25, 0.3) is 0 Å². The van der Waals surface area contributed by atoms with Gasteiger partial charge in [0.1, 0.15) is 0 Å². The molecule has 0 saturated carbocycles. The molecule has 2 rings (SSSR count). The predicted molar refractivity (Wildman–Crippen MR) is 59.5 cm³/mol. The summed E-state index contributed by atoms with van der Waals surface area (Å²) in [5.41, 5.74) is 1.28. The smallest absolute Gasteiger partial charge is 0.0481 e. The quantitative estimate of drug-likeness (QED) is 0.678. The molecule has 1 unspecified atom stereocenters. The summed E-state index contributed by atoms with van der Waals surface area (Å²) < 4.78 is 0.286. The Balaban J connectivity index is 2.39. The van der Waals surface area contributed by atoms with E-state index in [1.807, 2.05) is 11.8 Å². The second kappa shape index (κ2) is 2.95. The Morgan fingerprint density at radius 2 is 2.00 bits per heavy atom. The molecular weight excluding hydrogens is 178 g/mol. The average molecular weight is 193 g/mol. The van der Waals surface area contributed by atoms with Crippen LogP contribution in [0.1, 0.15) is 20.8 Å². The van der Waals surface area contributed by atoms with E-state index in [1.165, 1.54) is 10.6 Å². The topological polar surface area (TPSA) is 12.0 Å². The van der Waals surface area contributed by atoms with Crippen molar-refractivity contribution in [2.24, 2.45) is 0 Å². The van der Waals surface area contributed by atoms with Crippen LogP contribution in [-0.4, -0.2) is 10.8 Å². The fourth-order valence-corrected chi connectivity index (χ4v) is 2.64. The summed E-state index contributed by atoms with van der Waals surface area (Å²) in [4.78, 5) is 1.37. The number of thioether (sulfide) groups is 1. The van der Waals surface area contributed by atoms with Crippen molar-refractivity contribution in [3.05, 3.63) is 24.3 Å². The third-order valence-electron chi connectivity index (χ3n) is 2.67. The van der Waals surface area contributed by atoms with Crippen molar-refractivity contribution in [2.75, 3.05) is 5.32 Å². The molecule has 0 radical (unpaired) electrons. The third-order valence-corrected chi connectivity index (χ3v) is 4.13. The molecule has 0 fully saturated rings. The highest BCUT2D eigenvalue weighted by Crippen LogP contribution is 2.43. The molecule has 0 aromatic heterocycles. The van der Waals surface area contributed by atoms with Gasteiger partial charge < -0.3 is 5.32 Å². The Bertz CT molecular complexity index is 320. The first kappa shape index (κ1) is 8.95. The highest BCUT2D eigenvalue weighted by molar-refractivity contribution is 8.01. The van der Waals surface area contributed by atoms with Crippen LogP contribution < -0.4 is 5.32 Å². The van der Waals surface area contributed by atoms with Gasteiger partial charge in [0.05, 0.1) is 0 Å². The van der Waals surface area contributed by atoms with E-state index < -0.39 is 0 Å². The zero-order valence-electron chi connectivity index (χ0n) is 8.29. The van der Waals surface area contributed by atoms with E-state index in [4.69, 9.17) is 0 Å². The molecule has 1 nitrogen and oxygen atoms in total. The Hall–Kier alpha value is -0.630. The molecular formula is C11H15NS. The van der Waals surface area contributed by atoms with Crippen molar-refractivity contribution in [1.82, 2.24) is 0 Å². The van der Waals surface area contributed by atoms with Gasteiger partial charge in [0.2, 0.25) is 0 Å². The minimum absolute atomic E-state index is 0.286. The highest BCUT2D eigenvalue weighted by atomic mass is 32.2. The Morgan fingerprint density at radius 3 is 2.77 bits per heavy atom. The maximum absolute atomic E-state index is 3.53. The number of anilines is 1. The molecule has 1 N–H and O–H groups in total. The second-order valence-electron chi connectivity index (χ2n) is 4.07. The molecule has 1 atom stereocenters. The Morgan fingerprint density at radius 1 is 1.31 bits per heavy atom. The summed E-state index contributed by atoms with van der Waals surface area (Å²) in [6, 6.07) is 9.03. The summed E-state index contributed by atoms with van der Waals surface area (Å²) in [5, 5.41) is 3.53. The van der Waals surface area contributed by atoms with Crippen LogP contribution in [0, 0.1) is 0 Å². The lowest BCUT2D eigenvalue weighted by Crippen LogP contribution is -2.39. The van der Waals surface area contributed by atoms with Gasteiger partial charge in [-0.3, -0.25) is 0 Å². The van der Waals surface area contributed by atoms with E-state index in [1.54, 1.807) is 0 Å². The lowest BCUT2D eigenvalue weighted by Gasteiger charge is -2.38. The number of fused-ring (bicyclic) bond motifs is 1. The number of hydrogen-bond donors (Lipinski definition) is 1. The number of benzene rings is 1. The minimum atomic E-state index is 0.286. The van der Waals surface area contributed by atoms with Crippen molar-refractivity contribution >= 4 is 17.4 Å². The van der Waals surface area contributed by atoms with Crippen LogP contribution in [0.5, 0.6) is 0 Å². The van der Waals surface area contributed by atoms with Gasteiger partial charge in [-0.05, 0) is 32.9 Å². The monoisotopic (exact) mass is 193 g/mol. The molecule has 1 aromatic carbocycles. The van der Waals surface area contributed by atoms with Crippen molar-refractivity contribution in [2.45, 2.75) is 36.5 Å². The van der Waals surface area contributed by atoms with Gasteiger partial charge in [-0.1, -0.05) is 12.1 Å². The molecule has 0 saturated heterocycles. The number of hydrogen-bond acceptors (Lipinski definition) is 2. The Kier molecular flexibility index (Phi) is 2.03. The normalized spacial score (nSPS) is 24.7. The molecule has 0 aliphatic carbocycles. The molecule has 0 amide bonds. The van der Waals surface area contributed by atoms with Gasteiger partial charge in [0.25, 0.3) is 0 Å². The van der Waals surface area contributed by atoms with Crippen LogP contribution >= 0.6 is 11.8 Å². The van der Waals surface area contributed by atoms with Gasteiger partial charge in [-0.25, -0.2) is 0 Å². The number of para-hydroxylation sites is 1. The number of rotatable bonds is 0. The van der Waals surface area contributed by atoms with Crippen molar-refractivity contribution < 1.29 is 0 Å². The SMILES string of the molecule is CC1Nc2ccccc2SC1(C)C. The standard InChI is InChI=1S/C11H15NS/c1-8-11(2,3)13-10-7-5-4-6-9(10)12-8/h4-8,12H,1-3H3. The van der Waals surface area contributed by atoms with E-state index in [9.17, 15) is 0 Å². The molecule has 1 aliphatic rings. The van der Waals surface area contributed by atoms with E-state index in [0.29, 0.717) is 6.04 Å². The predicted octanol–water partition coefficient (Wildman–Crippen LogP) is 3.37. The van der Waals surface area contributed by atoms with Crippen LogP contribution in [0.3, 0.4) is 0 Å². The van der Waals surface area contributed by atoms with E-state index >= 15 is 0 Å². The molecule has 70 valence electrons. The fourth-order valence-electron chi connectivity index (χ4n) is 1.45. The first-order chi connectivity index (χ1) is 6.09. The van der Waals surface area contributed by atoms with Crippen LogP contribution in [0.2, 0.25) is 0 Å². The highest BCUT2D eigenvalue weighted by Gasteiger charge is 2.32. The average Bonchev–Trinajstić information content (AvgIpc) is 2.06. The maximum Gasteiger partial charge on any atom is 0.0481 e. The van der Waals surface area contributed by atoms with Crippen LogP contribution in [0.15, 0.2) is 29.2 Å². The van der Waals surface area contributed by atoms with Crippen LogP contribution in [0.4, 0.5) is 5.69 Å². The molecule has 13 heavy (non-hydrogen) atoms. The van der Waals surface area contributed by atoms with E-state index in [-0.39, 0.29) is 4.75 Å². The lowest BCUT2D eigenvalue weighted by atomic mass is 10.0. The first-order valence-corrected chi connectivity index (χ1v) is 5.46. The van der Waals surface area contributed by atoms with Crippen molar-refractivity contribution in [3.8, 4) is 0 Å². The first-order valence-electron chi connectivity index (χ1n) is 4.64. The summed E-state index contributed by atoms with van der Waals surface area (Å²) in [7, 11) is 0. The zero-order chi connectivity index (χ0) is 9.47. The molecule has 1 heterocycles. The fraction of sp³-hybridized carbons (Fsp3) is 0.455. The summed E-state index contributed by atoms with van der Waals surface area (Å²) in [6.07, 6.45) is 0. The van der Waals surface area contributed by atoms with Gasteiger partial charge in [-0.15, -0.1) is 11.8 Å². The molecule has 0 bridgehead atoms. The maximum atomic E-state index is 3.53. The molecule has 2 heteroatoms. The molecule has 1 aliphatic heterocycles. The summed E-state index contributed by atoms with van der Waals surface area (Å²) >= 11 is 1.96. The van der Waals surface area contributed by atoms with Gasteiger partial charge in [0, 0.05) is 21.4 Å². The summed E-state index contributed by atoms with van der Waals surface area (Å²) in [5.74, 6) is 0.